The van der Waals surface area contributed by atoms with Crippen molar-refractivity contribution in [3.8, 4) is 10.6 Å². The van der Waals surface area contributed by atoms with E-state index in [4.69, 9.17) is 0 Å². The summed E-state index contributed by atoms with van der Waals surface area (Å²) in [5, 5.41) is 0.129. The molecule has 0 aliphatic rings. The van der Waals surface area contributed by atoms with Crippen LogP contribution in [-0.4, -0.2) is 15.0 Å². The summed E-state index contributed by atoms with van der Waals surface area (Å²) in [6.45, 7) is 1.99. The minimum absolute atomic E-state index is 0.129. The van der Waals surface area contributed by atoms with E-state index in [0.717, 1.165) is 16.3 Å². The number of aromatic nitrogens is 3. The number of rotatable bonds is 2. The minimum atomic E-state index is 0.129. The second kappa shape index (κ2) is 4.06. The van der Waals surface area contributed by atoms with Crippen LogP contribution in [0.3, 0.4) is 0 Å². The molecule has 3 nitrogen and oxygen atoms in total. The summed E-state index contributed by atoms with van der Waals surface area (Å²) in [6, 6.07) is 1.95. The molecule has 5 heteroatoms. The third-order valence-electron chi connectivity index (χ3n) is 1.80. The fourth-order valence-electron chi connectivity index (χ4n) is 1.08. The zero-order valence-corrected chi connectivity index (χ0v) is 9.29. The average Bonchev–Trinajstić information content (AvgIpc) is 2.71. The van der Waals surface area contributed by atoms with Crippen molar-refractivity contribution >= 4 is 24.0 Å². The average molecular weight is 223 g/mol. The van der Waals surface area contributed by atoms with E-state index < -0.39 is 0 Å². The summed E-state index contributed by atoms with van der Waals surface area (Å²) >= 11 is 5.90. The summed E-state index contributed by atoms with van der Waals surface area (Å²) in [4.78, 5) is 13.4. The molecule has 0 saturated carbocycles. The lowest BCUT2D eigenvalue weighted by Gasteiger charge is -2.03. The van der Waals surface area contributed by atoms with Crippen LogP contribution in [0.25, 0.3) is 10.6 Å². The van der Waals surface area contributed by atoms with E-state index in [2.05, 4.69) is 27.6 Å². The first-order valence-corrected chi connectivity index (χ1v) is 5.56. The predicted octanol–water partition coefficient (Wildman–Crippen LogP) is 2.59. The Morgan fingerprint density at radius 1 is 1.43 bits per heavy atom. The first-order chi connectivity index (χ1) is 6.77. The summed E-state index contributed by atoms with van der Waals surface area (Å²) in [7, 11) is 0. The molecule has 0 spiro atoms. The van der Waals surface area contributed by atoms with Gasteiger partial charge in [-0.3, -0.25) is 4.98 Å². The molecule has 0 amide bonds. The molecule has 0 bridgehead atoms. The Kier molecular flexibility index (Phi) is 2.79. The summed E-state index contributed by atoms with van der Waals surface area (Å²) < 4.78 is 0. The van der Waals surface area contributed by atoms with E-state index in [1.807, 2.05) is 13.0 Å². The van der Waals surface area contributed by atoms with Crippen LogP contribution < -0.4 is 0 Å². The summed E-state index contributed by atoms with van der Waals surface area (Å²) in [6.07, 6.45) is 3.37. The first-order valence-electron chi connectivity index (χ1n) is 4.16. The van der Waals surface area contributed by atoms with E-state index in [9.17, 15) is 0 Å². The van der Waals surface area contributed by atoms with Crippen LogP contribution in [-0.2, 0) is 0 Å². The number of nitrogens with zero attached hydrogens (tertiary/aromatic N) is 3. The van der Waals surface area contributed by atoms with Gasteiger partial charge in [0.1, 0.15) is 6.33 Å². The van der Waals surface area contributed by atoms with Gasteiger partial charge in [0.05, 0.1) is 21.8 Å². The van der Waals surface area contributed by atoms with Crippen LogP contribution in [0.15, 0.2) is 24.1 Å². The van der Waals surface area contributed by atoms with Crippen molar-refractivity contribution in [1.29, 1.82) is 0 Å². The number of thiol groups is 1. The maximum absolute atomic E-state index is 4.33. The highest BCUT2D eigenvalue weighted by Gasteiger charge is 2.05. The maximum Gasteiger partial charge on any atom is 0.116 e. The second-order valence-electron chi connectivity index (χ2n) is 2.87. The molecule has 0 fully saturated rings. The molecular formula is C9H9N3S2. The molecule has 0 N–H and O–H groups in total. The standard InChI is InChI=1S/C9H9N3S2/c1-6(13)7-2-8(12-4-11-7)9-3-10-5-14-9/h2-6,13H,1H3. The lowest BCUT2D eigenvalue weighted by atomic mass is 10.2. The van der Waals surface area contributed by atoms with Gasteiger partial charge in [-0.1, -0.05) is 0 Å². The van der Waals surface area contributed by atoms with Crippen molar-refractivity contribution in [2.75, 3.05) is 0 Å². The van der Waals surface area contributed by atoms with Gasteiger partial charge in [0.15, 0.2) is 0 Å². The van der Waals surface area contributed by atoms with Gasteiger partial charge in [-0.05, 0) is 13.0 Å². The monoisotopic (exact) mass is 223 g/mol. The Balaban J connectivity index is 2.41. The van der Waals surface area contributed by atoms with Crippen molar-refractivity contribution in [3.63, 3.8) is 0 Å². The van der Waals surface area contributed by atoms with Crippen LogP contribution >= 0.6 is 24.0 Å². The lowest BCUT2D eigenvalue weighted by molar-refractivity contribution is 0.986. The molecule has 0 aliphatic heterocycles. The Labute approximate surface area is 91.7 Å². The van der Waals surface area contributed by atoms with Gasteiger partial charge in [-0.15, -0.1) is 11.3 Å². The molecule has 0 aliphatic carbocycles. The quantitative estimate of drug-likeness (QED) is 0.795. The van der Waals surface area contributed by atoms with Crippen LogP contribution in [0.2, 0.25) is 0 Å². The number of thiazole rings is 1. The largest absolute Gasteiger partial charge is 0.252 e. The third kappa shape index (κ3) is 1.93. The van der Waals surface area contributed by atoms with Gasteiger partial charge in [-0.2, -0.15) is 12.6 Å². The van der Waals surface area contributed by atoms with Gasteiger partial charge in [-0.25, -0.2) is 9.97 Å². The maximum atomic E-state index is 4.33. The van der Waals surface area contributed by atoms with E-state index in [0.29, 0.717) is 0 Å². The Hall–Kier alpha value is -0.940. The van der Waals surface area contributed by atoms with Crippen molar-refractivity contribution in [2.24, 2.45) is 0 Å². The fourth-order valence-corrected chi connectivity index (χ4v) is 1.81. The van der Waals surface area contributed by atoms with E-state index >= 15 is 0 Å². The molecule has 1 unspecified atom stereocenters. The molecule has 14 heavy (non-hydrogen) atoms. The highest BCUT2D eigenvalue weighted by Crippen LogP contribution is 2.24. The van der Waals surface area contributed by atoms with Crippen molar-refractivity contribution in [1.82, 2.24) is 15.0 Å². The normalized spacial score (nSPS) is 12.7. The molecule has 2 rings (SSSR count). The van der Waals surface area contributed by atoms with Gasteiger partial charge in [0.2, 0.25) is 0 Å². The molecular weight excluding hydrogens is 214 g/mol. The second-order valence-corrected chi connectivity index (χ2v) is 4.53. The van der Waals surface area contributed by atoms with E-state index in [1.54, 1.807) is 29.4 Å². The van der Waals surface area contributed by atoms with Crippen molar-refractivity contribution < 1.29 is 0 Å². The van der Waals surface area contributed by atoms with Crippen molar-refractivity contribution in [2.45, 2.75) is 12.2 Å². The molecule has 0 aromatic carbocycles. The van der Waals surface area contributed by atoms with Crippen LogP contribution in [0.4, 0.5) is 0 Å². The van der Waals surface area contributed by atoms with Gasteiger partial charge in [0, 0.05) is 11.4 Å². The Morgan fingerprint density at radius 3 is 2.93 bits per heavy atom. The lowest BCUT2D eigenvalue weighted by Crippen LogP contribution is -1.92. The SMILES string of the molecule is CC(S)c1cc(-c2cncs2)ncn1. The predicted molar refractivity (Wildman–Crippen MR) is 60.5 cm³/mol. The molecule has 2 heterocycles. The van der Waals surface area contributed by atoms with Crippen LogP contribution in [0.1, 0.15) is 17.9 Å². The minimum Gasteiger partial charge on any atom is -0.252 e. The van der Waals surface area contributed by atoms with Gasteiger partial charge < -0.3 is 0 Å². The number of hydrogen-bond acceptors (Lipinski definition) is 5. The fraction of sp³-hybridized carbons (Fsp3) is 0.222. The van der Waals surface area contributed by atoms with Gasteiger partial charge in [0.25, 0.3) is 0 Å². The highest BCUT2D eigenvalue weighted by atomic mass is 32.1. The highest BCUT2D eigenvalue weighted by molar-refractivity contribution is 7.80. The van der Waals surface area contributed by atoms with Crippen LogP contribution in [0, 0.1) is 0 Å². The molecule has 0 radical (unpaired) electrons. The van der Waals surface area contributed by atoms with Crippen LogP contribution in [0.5, 0.6) is 0 Å². The Bertz CT molecular complexity index is 412. The first kappa shape index (κ1) is 9.61. The Morgan fingerprint density at radius 2 is 2.29 bits per heavy atom. The molecule has 1 atom stereocenters. The third-order valence-corrected chi connectivity index (χ3v) is 2.86. The number of hydrogen-bond donors (Lipinski definition) is 1. The van der Waals surface area contributed by atoms with Crippen molar-refractivity contribution in [3.05, 3.63) is 29.8 Å². The topological polar surface area (TPSA) is 38.7 Å². The zero-order chi connectivity index (χ0) is 9.97. The molecule has 2 aromatic heterocycles. The van der Waals surface area contributed by atoms with E-state index in [-0.39, 0.29) is 5.25 Å². The molecule has 72 valence electrons. The zero-order valence-electron chi connectivity index (χ0n) is 7.58. The summed E-state index contributed by atoms with van der Waals surface area (Å²) in [5.41, 5.74) is 3.64. The smallest absolute Gasteiger partial charge is 0.116 e. The molecule has 2 aromatic rings. The molecule has 0 saturated heterocycles. The van der Waals surface area contributed by atoms with E-state index in [1.165, 1.54) is 0 Å². The summed E-state index contributed by atoms with van der Waals surface area (Å²) in [5.74, 6) is 0. The van der Waals surface area contributed by atoms with Gasteiger partial charge >= 0.3 is 0 Å².